The lowest BCUT2D eigenvalue weighted by molar-refractivity contribution is -0.136. The number of carbonyl (C=O) groups excluding carboxylic acids is 1. The molecular weight excluding hydrogens is 314 g/mol. The minimum absolute atomic E-state index is 0.224. The largest absolute Gasteiger partial charge is 0.342 e. The van der Waals surface area contributed by atoms with Crippen molar-refractivity contribution in [3.05, 3.63) is 18.5 Å². The summed E-state index contributed by atoms with van der Waals surface area (Å²) in [6, 6.07) is 2.47. The first-order valence-corrected chi connectivity index (χ1v) is 9.86. The molecule has 3 saturated heterocycles. The Morgan fingerprint density at radius 1 is 0.920 bits per heavy atom. The third-order valence-corrected chi connectivity index (χ3v) is 6.04. The summed E-state index contributed by atoms with van der Waals surface area (Å²) in [5.74, 6) is 1.49. The van der Waals surface area contributed by atoms with E-state index in [1.54, 1.807) is 0 Å². The number of carbonyl (C=O) groups is 1. The molecule has 136 valence electrons. The number of nitrogens with zero attached hydrogens (tertiary/aromatic N) is 5. The number of hydrogen-bond acceptors (Lipinski definition) is 5. The van der Waals surface area contributed by atoms with Gasteiger partial charge in [-0.2, -0.15) is 0 Å². The van der Waals surface area contributed by atoms with Crippen LogP contribution >= 0.6 is 0 Å². The van der Waals surface area contributed by atoms with E-state index in [1.165, 1.54) is 12.8 Å². The molecule has 25 heavy (non-hydrogen) atoms. The maximum atomic E-state index is 12.7. The van der Waals surface area contributed by atoms with Crippen molar-refractivity contribution in [1.29, 1.82) is 0 Å². The number of likely N-dealkylation sites (tertiary alicyclic amines) is 2. The van der Waals surface area contributed by atoms with Crippen LogP contribution in [0.15, 0.2) is 18.5 Å². The van der Waals surface area contributed by atoms with Gasteiger partial charge in [0, 0.05) is 51.2 Å². The zero-order chi connectivity index (χ0) is 17.1. The Morgan fingerprint density at radius 2 is 1.64 bits per heavy atom. The minimum Gasteiger partial charge on any atom is -0.342 e. The lowest BCUT2D eigenvalue weighted by Crippen LogP contribution is -2.51. The number of aromatic nitrogens is 2. The average molecular weight is 343 g/mol. The first-order chi connectivity index (χ1) is 12.3. The predicted octanol–water partition coefficient (Wildman–Crippen LogP) is 1.78. The Kier molecular flexibility index (Phi) is 5.15. The van der Waals surface area contributed by atoms with Gasteiger partial charge in [0.05, 0.1) is 5.92 Å². The number of hydrogen-bond donors (Lipinski definition) is 0. The zero-order valence-electron chi connectivity index (χ0n) is 15.0. The number of amides is 1. The second kappa shape index (κ2) is 7.68. The summed E-state index contributed by atoms with van der Waals surface area (Å²) in [4.78, 5) is 28.5. The van der Waals surface area contributed by atoms with E-state index >= 15 is 0 Å². The van der Waals surface area contributed by atoms with Gasteiger partial charge in [-0.3, -0.25) is 9.69 Å². The Hall–Kier alpha value is -1.69. The summed E-state index contributed by atoms with van der Waals surface area (Å²) in [6.45, 7) is 6.08. The Bertz CT molecular complexity index is 566. The molecule has 0 bridgehead atoms. The van der Waals surface area contributed by atoms with Gasteiger partial charge in [0.25, 0.3) is 0 Å². The molecule has 1 amide bonds. The summed E-state index contributed by atoms with van der Waals surface area (Å²) in [6.07, 6.45) is 10.5. The van der Waals surface area contributed by atoms with Crippen LogP contribution in [0.4, 0.5) is 5.95 Å². The van der Waals surface area contributed by atoms with Gasteiger partial charge in [0.2, 0.25) is 11.9 Å². The fourth-order valence-corrected chi connectivity index (χ4v) is 4.62. The highest BCUT2D eigenvalue weighted by molar-refractivity contribution is 5.79. The molecule has 0 radical (unpaired) electrons. The monoisotopic (exact) mass is 343 g/mol. The maximum Gasteiger partial charge on any atom is 0.226 e. The second-order valence-corrected chi connectivity index (χ2v) is 7.63. The summed E-state index contributed by atoms with van der Waals surface area (Å²) in [5.41, 5.74) is 0. The van der Waals surface area contributed by atoms with Crippen molar-refractivity contribution in [1.82, 2.24) is 19.8 Å². The molecule has 4 rings (SSSR count). The Morgan fingerprint density at radius 3 is 2.36 bits per heavy atom. The zero-order valence-corrected chi connectivity index (χ0v) is 15.0. The molecule has 0 saturated carbocycles. The minimum atomic E-state index is 0.224. The van der Waals surface area contributed by atoms with Crippen LogP contribution in [0, 0.1) is 5.92 Å². The Labute approximate surface area is 150 Å². The van der Waals surface area contributed by atoms with Crippen LogP contribution < -0.4 is 4.90 Å². The van der Waals surface area contributed by atoms with Crippen LogP contribution in [-0.4, -0.2) is 71.0 Å². The summed E-state index contributed by atoms with van der Waals surface area (Å²) >= 11 is 0. The van der Waals surface area contributed by atoms with Gasteiger partial charge in [-0.05, 0) is 51.1 Å². The standard InChI is InChI=1S/C19H29N5O/c25-18(22-10-1-2-11-22)16-5-3-12-24(15-16)17-6-13-23(14-7-17)19-20-8-4-9-21-19/h4,8-9,16-17H,1-3,5-7,10-15H2/t16-/m1/s1. The second-order valence-electron chi connectivity index (χ2n) is 7.63. The lowest BCUT2D eigenvalue weighted by Gasteiger charge is -2.42. The van der Waals surface area contributed by atoms with E-state index in [2.05, 4.69) is 24.7 Å². The lowest BCUT2D eigenvalue weighted by atomic mass is 9.93. The van der Waals surface area contributed by atoms with Gasteiger partial charge in [-0.1, -0.05) is 0 Å². The van der Waals surface area contributed by atoms with Crippen LogP contribution in [-0.2, 0) is 4.79 Å². The summed E-state index contributed by atoms with van der Waals surface area (Å²) in [7, 11) is 0. The highest BCUT2D eigenvalue weighted by Crippen LogP contribution is 2.26. The highest BCUT2D eigenvalue weighted by atomic mass is 16.2. The van der Waals surface area contributed by atoms with Gasteiger partial charge in [0.1, 0.15) is 0 Å². The maximum absolute atomic E-state index is 12.7. The van der Waals surface area contributed by atoms with Crippen molar-refractivity contribution < 1.29 is 4.79 Å². The quantitative estimate of drug-likeness (QED) is 0.837. The third-order valence-electron chi connectivity index (χ3n) is 6.04. The van der Waals surface area contributed by atoms with Crippen molar-refractivity contribution in [2.24, 2.45) is 5.92 Å². The van der Waals surface area contributed by atoms with E-state index in [-0.39, 0.29) is 5.92 Å². The summed E-state index contributed by atoms with van der Waals surface area (Å²) < 4.78 is 0. The van der Waals surface area contributed by atoms with Gasteiger partial charge in [-0.15, -0.1) is 0 Å². The van der Waals surface area contributed by atoms with Crippen molar-refractivity contribution >= 4 is 11.9 Å². The van der Waals surface area contributed by atoms with Gasteiger partial charge in [0.15, 0.2) is 0 Å². The molecule has 1 atom stereocenters. The predicted molar refractivity (Wildman–Crippen MR) is 97.4 cm³/mol. The smallest absolute Gasteiger partial charge is 0.226 e. The van der Waals surface area contributed by atoms with E-state index in [4.69, 9.17) is 0 Å². The normalized spacial score (nSPS) is 26.2. The molecule has 6 heteroatoms. The van der Waals surface area contributed by atoms with Gasteiger partial charge < -0.3 is 9.80 Å². The summed E-state index contributed by atoms with van der Waals surface area (Å²) in [5, 5.41) is 0. The fourth-order valence-electron chi connectivity index (χ4n) is 4.62. The molecule has 1 aromatic heterocycles. The van der Waals surface area contributed by atoms with Gasteiger partial charge >= 0.3 is 0 Å². The van der Waals surface area contributed by atoms with Crippen molar-refractivity contribution in [2.75, 3.05) is 44.2 Å². The van der Waals surface area contributed by atoms with E-state index in [0.717, 1.165) is 70.9 Å². The van der Waals surface area contributed by atoms with E-state index < -0.39 is 0 Å². The molecule has 0 unspecified atom stereocenters. The Balaban J connectivity index is 1.31. The molecular formula is C19H29N5O. The number of rotatable bonds is 3. The van der Waals surface area contributed by atoms with Crippen molar-refractivity contribution in [2.45, 2.75) is 44.6 Å². The van der Waals surface area contributed by atoms with Crippen LogP contribution in [0.25, 0.3) is 0 Å². The van der Waals surface area contributed by atoms with Crippen LogP contribution in [0.5, 0.6) is 0 Å². The topological polar surface area (TPSA) is 52.6 Å². The van der Waals surface area contributed by atoms with E-state index in [1.807, 2.05) is 18.5 Å². The van der Waals surface area contributed by atoms with E-state index in [0.29, 0.717) is 11.9 Å². The number of anilines is 1. The third kappa shape index (κ3) is 3.78. The molecule has 1 aromatic rings. The van der Waals surface area contributed by atoms with Crippen LogP contribution in [0.3, 0.4) is 0 Å². The molecule has 3 fully saturated rings. The molecule has 3 aliphatic heterocycles. The molecule has 0 N–H and O–H groups in total. The van der Waals surface area contributed by atoms with Crippen molar-refractivity contribution in [3.63, 3.8) is 0 Å². The van der Waals surface area contributed by atoms with Crippen LogP contribution in [0.2, 0.25) is 0 Å². The molecule has 6 nitrogen and oxygen atoms in total. The number of piperidine rings is 2. The fraction of sp³-hybridized carbons (Fsp3) is 0.737. The highest BCUT2D eigenvalue weighted by Gasteiger charge is 2.34. The van der Waals surface area contributed by atoms with Gasteiger partial charge in [-0.25, -0.2) is 9.97 Å². The first-order valence-electron chi connectivity index (χ1n) is 9.86. The average Bonchev–Trinajstić information content (AvgIpc) is 3.23. The molecule has 0 aliphatic carbocycles. The first kappa shape index (κ1) is 16.8. The molecule has 0 spiro atoms. The molecule has 4 heterocycles. The SMILES string of the molecule is O=C([C@@H]1CCCN(C2CCN(c3ncccn3)CC2)C1)N1CCCC1. The molecule has 0 aromatic carbocycles. The molecule has 3 aliphatic rings. The van der Waals surface area contributed by atoms with E-state index in [9.17, 15) is 4.79 Å². The van der Waals surface area contributed by atoms with Crippen LogP contribution in [0.1, 0.15) is 38.5 Å². The van der Waals surface area contributed by atoms with Crippen molar-refractivity contribution in [3.8, 4) is 0 Å².